The summed E-state index contributed by atoms with van der Waals surface area (Å²) in [5, 5.41) is 14.4. The first-order valence-corrected chi connectivity index (χ1v) is 6.44. The number of hydrogen-bond acceptors (Lipinski definition) is 5. The van der Waals surface area contributed by atoms with Crippen LogP contribution >= 0.6 is 11.3 Å². The summed E-state index contributed by atoms with van der Waals surface area (Å²) in [6, 6.07) is 10.1. The van der Waals surface area contributed by atoms with Crippen molar-refractivity contribution in [2.45, 2.75) is 19.4 Å². The van der Waals surface area contributed by atoms with Gasteiger partial charge >= 0.3 is 5.00 Å². The molecule has 0 aliphatic carbocycles. The van der Waals surface area contributed by atoms with Crippen molar-refractivity contribution < 1.29 is 4.92 Å². The maximum absolute atomic E-state index is 10.6. The van der Waals surface area contributed by atoms with Crippen LogP contribution in [0.25, 0.3) is 0 Å². The van der Waals surface area contributed by atoms with Gasteiger partial charge in [0.15, 0.2) is 5.13 Å². The highest BCUT2D eigenvalue weighted by Gasteiger charge is 2.15. The van der Waals surface area contributed by atoms with Gasteiger partial charge in [-0.2, -0.15) is 0 Å². The molecule has 0 bridgehead atoms. The van der Waals surface area contributed by atoms with Gasteiger partial charge < -0.3 is 5.32 Å². The number of hydrogen-bond donors (Lipinski definition) is 1. The zero-order chi connectivity index (χ0) is 13.0. The standard InChI is InChI=1S/C12H13N3O2S/c1-2-10(9-6-4-3-5-7-9)14-12-13-8-11(18-12)15(16)17/h3-8,10H,2H2,1H3,(H,13,14). The van der Waals surface area contributed by atoms with Crippen LogP contribution in [0.5, 0.6) is 0 Å². The molecule has 0 saturated heterocycles. The number of thiazole rings is 1. The third kappa shape index (κ3) is 2.84. The fraction of sp³-hybridized carbons (Fsp3) is 0.250. The Bertz CT molecular complexity index is 527. The van der Waals surface area contributed by atoms with Crippen molar-refractivity contribution in [2.24, 2.45) is 0 Å². The molecule has 1 N–H and O–H groups in total. The van der Waals surface area contributed by atoms with Crippen LogP contribution in [0.3, 0.4) is 0 Å². The molecule has 2 aromatic rings. The third-order valence-corrected chi connectivity index (χ3v) is 3.46. The van der Waals surface area contributed by atoms with Crippen LogP contribution in [0.15, 0.2) is 36.5 Å². The summed E-state index contributed by atoms with van der Waals surface area (Å²) in [7, 11) is 0. The van der Waals surface area contributed by atoms with Crippen LogP contribution < -0.4 is 5.32 Å². The minimum Gasteiger partial charge on any atom is -0.355 e. The molecule has 18 heavy (non-hydrogen) atoms. The molecule has 6 heteroatoms. The monoisotopic (exact) mass is 263 g/mol. The molecule has 0 aliphatic heterocycles. The van der Waals surface area contributed by atoms with Crippen LogP contribution in [0.4, 0.5) is 10.1 Å². The predicted molar refractivity (Wildman–Crippen MR) is 71.9 cm³/mol. The molecule has 1 aromatic carbocycles. The van der Waals surface area contributed by atoms with E-state index < -0.39 is 4.92 Å². The van der Waals surface area contributed by atoms with Gasteiger partial charge in [0.2, 0.25) is 0 Å². The number of anilines is 1. The maximum Gasteiger partial charge on any atom is 0.345 e. The molecule has 1 heterocycles. The van der Waals surface area contributed by atoms with E-state index >= 15 is 0 Å². The van der Waals surface area contributed by atoms with Crippen molar-refractivity contribution >= 4 is 21.5 Å². The van der Waals surface area contributed by atoms with E-state index in [-0.39, 0.29) is 11.0 Å². The number of nitrogens with one attached hydrogen (secondary N) is 1. The minimum atomic E-state index is -0.424. The van der Waals surface area contributed by atoms with Crippen molar-refractivity contribution in [1.29, 1.82) is 0 Å². The van der Waals surface area contributed by atoms with E-state index in [4.69, 9.17) is 0 Å². The molecule has 0 amide bonds. The molecule has 0 spiro atoms. The quantitative estimate of drug-likeness (QED) is 0.661. The van der Waals surface area contributed by atoms with E-state index in [0.717, 1.165) is 23.3 Å². The number of nitrogens with zero attached hydrogens (tertiary/aromatic N) is 2. The minimum absolute atomic E-state index is 0.0559. The molecule has 1 aromatic heterocycles. The highest BCUT2D eigenvalue weighted by Crippen LogP contribution is 2.29. The fourth-order valence-corrected chi connectivity index (χ4v) is 2.36. The Hall–Kier alpha value is -1.95. The van der Waals surface area contributed by atoms with E-state index in [1.165, 1.54) is 6.20 Å². The first-order valence-electron chi connectivity index (χ1n) is 5.62. The summed E-state index contributed by atoms with van der Waals surface area (Å²) in [4.78, 5) is 14.2. The second-order valence-corrected chi connectivity index (χ2v) is 4.79. The zero-order valence-electron chi connectivity index (χ0n) is 9.87. The van der Waals surface area contributed by atoms with Crippen LogP contribution in [0.2, 0.25) is 0 Å². The van der Waals surface area contributed by atoms with Gasteiger partial charge in [0.25, 0.3) is 0 Å². The second kappa shape index (κ2) is 5.59. The highest BCUT2D eigenvalue weighted by atomic mass is 32.1. The van der Waals surface area contributed by atoms with Crippen molar-refractivity contribution in [3.8, 4) is 0 Å². The molecule has 0 radical (unpaired) electrons. The molecule has 1 unspecified atom stereocenters. The van der Waals surface area contributed by atoms with E-state index in [9.17, 15) is 10.1 Å². The molecular formula is C12H13N3O2S. The van der Waals surface area contributed by atoms with E-state index in [2.05, 4.69) is 17.2 Å². The highest BCUT2D eigenvalue weighted by molar-refractivity contribution is 7.18. The SMILES string of the molecule is CCC(Nc1ncc([N+](=O)[O-])s1)c1ccccc1. The molecule has 0 fully saturated rings. The summed E-state index contributed by atoms with van der Waals surface area (Å²) < 4.78 is 0. The lowest BCUT2D eigenvalue weighted by Crippen LogP contribution is -2.08. The van der Waals surface area contributed by atoms with Crippen LogP contribution in [-0.2, 0) is 0 Å². The summed E-state index contributed by atoms with van der Waals surface area (Å²) in [5.74, 6) is 0. The van der Waals surface area contributed by atoms with Gasteiger partial charge in [0.05, 0.1) is 11.0 Å². The van der Waals surface area contributed by atoms with Gasteiger partial charge in [-0.1, -0.05) is 37.3 Å². The normalized spacial score (nSPS) is 12.1. The van der Waals surface area contributed by atoms with Crippen molar-refractivity contribution in [2.75, 3.05) is 5.32 Å². The van der Waals surface area contributed by atoms with Gasteiger partial charge in [0, 0.05) is 0 Å². The average molecular weight is 263 g/mol. The Kier molecular flexibility index (Phi) is 3.88. The molecule has 0 aliphatic rings. The van der Waals surface area contributed by atoms with Crippen LogP contribution in [-0.4, -0.2) is 9.91 Å². The number of nitro groups is 1. The lowest BCUT2D eigenvalue weighted by Gasteiger charge is -2.16. The van der Waals surface area contributed by atoms with Crippen molar-refractivity contribution in [1.82, 2.24) is 4.98 Å². The number of rotatable bonds is 5. The maximum atomic E-state index is 10.6. The molecule has 2 rings (SSSR count). The summed E-state index contributed by atoms with van der Waals surface area (Å²) in [6.07, 6.45) is 2.17. The Balaban J connectivity index is 2.13. The Morgan fingerprint density at radius 3 is 2.72 bits per heavy atom. The molecular weight excluding hydrogens is 250 g/mol. The Labute approximate surface area is 109 Å². The van der Waals surface area contributed by atoms with E-state index in [1.54, 1.807) is 0 Å². The largest absolute Gasteiger partial charge is 0.355 e. The second-order valence-electron chi connectivity index (χ2n) is 3.78. The first kappa shape index (κ1) is 12.5. The summed E-state index contributed by atoms with van der Waals surface area (Å²) in [5.41, 5.74) is 1.15. The van der Waals surface area contributed by atoms with Gasteiger partial charge in [-0.15, -0.1) is 0 Å². The zero-order valence-corrected chi connectivity index (χ0v) is 10.7. The molecule has 5 nitrogen and oxygen atoms in total. The van der Waals surface area contributed by atoms with Crippen molar-refractivity contribution in [3.63, 3.8) is 0 Å². The molecule has 0 saturated carbocycles. The lowest BCUT2D eigenvalue weighted by molar-refractivity contribution is -0.380. The topological polar surface area (TPSA) is 68.1 Å². The van der Waals surface area contributed by atoms with E-state index in [0.29, 0.717) is 5.13 Å². The number of benzene rings is 1. The van der Waals surface area contributed by atoms with Gasteiger partial charge in [-0.25, -0.2) is 4.98 Å². The van der Waals surface area contributed by atoms with Gasteiger partial charge in [0.1, 0.15) is 6.20 Å². The Morgan fingerprint density at radius 2 is 2.17 bits per heavy atom. The summed E-state index contributed by atoms with van der Waals surface area (Å²) >= 11 is 1.06. The summed E-state index contributed by atoms with van der Waals surface area (Å²) in [6.45, 7) is 2.06. The smallest absolute Gasteiger partial charge is 0.345 e. The fourth-order valence-electron chi connectivity index (χ4n) is 1.67. The van der Waals surface area contributed by atoms with Crippen LogP contribution in [0.1, 0.15) is 24.9 Å². The first-order chi connectivity index (χ1) is 8.70. The lowest BCUT2D eigenvalue weighted by atomic mass is 10.1. The van der Waals surface area contributed by atoms with Crippen LogP contribution in [0, 0.1) is 10.1 Å². The van der Waals surface area contributed by atoms with Gasteiger partial charge in [-0.05, 0) is 23.3 Å². The predicted octanol–water partition coefficient (Wildman–Crippen LogP) is 3.61. The molecule has 1 atom stereocenters. The third-order valence-electron chi connectivity index (χ3n) is 2.58. The Morgan fingerprint density at radius 1 is 1.44 bits per heavy atom. The van der Waals surface area contributed by atoms with Crippen molar-refractivity contribution in [3.05, 3.63) is 52.2 Å². The van der Waals surface area contributed by atoms with E-state index in [1.807, 2.05) is 30.3 Å². The van der Waals surface area contributed by atoms with Gasteiger partial charge in [-0.3, -0.25) is 10.1 Å². The number of aromatic nitrogens is 1. The molecule has 94 valence electrons. The average Bonchev–Trinajstić information content (AvgIpc) is 2.86.